The fraction of sp³-hybridized carbons (Fsp3) is 0. The van der Waals surface area contributed by atoms with Crippen molar-refractivity contribution in [2.24, 2.45) is 10.7 Å². The summed E-state index contributed by atoms with van der Waals surface area (Å²) in [7, 11) is 0. The van der Waals surface area contributed by atoms with Gasteiger partial charge >= 0.3 is 0 Å². The average molecular weight is 313 g/mol. The Kier molecular flexibility index (Phi) is 2.33. The van der Waals surface area contributed by atoms with Gasteiger partial charge < -0.3 is 5.73 Å². The second-order valence-corrected chi connectivity index (χ2v) is 5.85. The standard InChI is InChI=1S/C19H11N3O2/c20-17(23)11-7-8-12-13(9-11)18-21-14-5-1-3-10-4-2-6-15(16(10)14)22(18)19(12)24/h1-9H,(H2,20,23). The number of fused-ring (bicyclic) bond motifs is 4. The van der Waals surface area contributed by atoms with Crippen molar-refractivity contribution in [3.8, 4) is 0 Å². The molecule has 114 valence electrons. The lowest BCUT2D eigenvalue weighted by atomic mass is 10.0. The highest BCUT2D eigenvalue weighted by Gasteiger charge is 2.38. The largest absolute Gasteiger partial charge is 0.366 e. The minimum absolute atomic E-state index is 0.137. The molecule has 5 rings (SSSR count). The van der Waals surface area contributed by atoms with Crippen molar-refractivity contribution in [3.05, 3.63) is 71.3 Å². The molecule has 0 fully saturated rings. The molecular weight excluding hydrogens is 302 g/mol. The third-order valence-electron chi connectivity index (χ3n) is 4.52. The molecule has 2 heterocycles. The highest BCUT2D eigenvalue weighted by molar-refractivity contribution is 6.40. The molecule has 0 atom stereocenters. The number of anilines is 1. The van der Waals surface area contributed by atoms with Gasteiger partial charge in [0.2, 0.25) is 5.91 Å². The number of hydrogen-bond donors (Lipinski definition) is 1. The highest BCUT2D eigenvalue weighted by Crippen LogP contribution is 2.43. The van der Waals surface area contributed by atoms with Gasteiger partial charge in [0, 0.05) is 16.5 Å². The second-order valence-electron chi connectivity index (χ2n) is 5.85. The Morgan fingerprint density at radius 3 is 2.58 bits per heavy atom. The molecule has 0 spiro atoms. The summed E-state index contributed by atoms with van der Waals surface area (Å²) in [6.45, 7) is 0. The number of rotatable bonds is 1. The van der Waals surface area contributed by atoms with E-state index in [-0.39, 0.29) is 5.91 Å². The average Bonchev–Trinajstić information content (AvgIpc) is 2.88. The Morgan fingerprint density at radius 2 is 1.79 bits per heavy atom. The van der Waals surface area contributed by atoms with E-state index in [4.69, 9.17) is 5.73 Å². The Labute approximate surface area is 137 Å². The summed E-state index contributed by atoms with van der Waals surface area (Å²) in [5.41, 5.74) is 8.54. The van der Waals surface area contributed by atoms with Crippen molar-refractivity contribution in [3.63, 3.8) is 0 Å². The number of amidine groups is 1. The van der Waals surface area contributed by atoms with Crippen LogP contribution in [0.4, 0.5) is 11.4 Å². The molecule has 0 aliphatic carbocycles. The van der Waals surface area contributed by atoms with Crippen molar-refractivity contribution in [1.29, 1.82) is 0 Å². The predicted octanol–water partition coefficient (Wildman–Crippen LogP) is 2.99. The molecule has 0 unspecified atom stereocenters. The lowest BCUT2D eigenvalue weighted by molar-refractivity contribution is 0.0992. The van der Waals surface area contributed by atoms with Crippen molar-refractivity contribution in [2.45, 2.75) is 0 Å². The van der Waals surface area contributed by atoms with Gasteiger partial charge in [0.15, 0.2) is 0 Å². The third kappa shape index (κ3) is 1.50. The summed E-state index contributed by atoms with van der Waals surface area (Å²) >= 11 is 0. The number of aliphatic imine (C=N–C) groups is 1. The summed E-state index contributed by atoms with van der Waals surface area (Å²) in [5.74, 6) is -0.117. The third-order valence-corrected chi connectivity index (χ3v) is 4.52. The van der Waals surface area contributed by atoms with Crippen LogP contribution in [-0.4, -0.2) is 17.6 Å². The Morgan fingerprint density at radius 1 is 1.00 bits per heavy atom. The summed E-state index contributed by atoms with van der Waals surface area (Å²) in [6.07, 6.45) is 0. The Hall–Kier alpha value is -3.47. The van der Waals surface area contributed by atoms with E-state index < -0.39 is 5.91 Å². The molecule has 2 amide bonds. The Bertz CT molecular complexity index is 1110. The van der Waals surface area contributed by atoms with Crippen LogP contribution in [0, 0.1) is 0 Å². The minimum atomic E-state index is -0.525. The molecular formula is C19H11N3O2. The number of hydrogen-bond acceptors (Lipinski definition) is 3. The van der Waals surface area contributed by atoms with E-state index in [2.05, 4.69) is 4.99 Å². The van der Waals surface area contributed by atoms with Crippen molar-refractivity contribution < 1.29 is 9.59 Å². The zero-order valence-electron chi connectivity index (χ0n) is 12.5. The van der Waals surface area contributed by atoms with Crippen LogP contribution < -0.4 is 10.6 Å². The molecule has 2 aliphatic heterocycles. The van der Waals surface area contributed by atoms with E-state index >= 15 is 0 Å². The number of benzene rings is 3. The van der Waals surface area contributed by atoms with E-state index in [9.17, 15) is 9.59 Å². The van der Waals surface area contributed by atoms with Gasteiger partial charge in [-0.3, -0.25) is 14.5 Å². The van der Waals surface area contributed by atoms with Crippen LogP contribution >= 0.6 is 0 Å². The number of primary amides is 1. The SMILES string of the molecule is NC(=O)c1ccc2c(c1)C1=Nc3cccc4cccc(c34)N1C2=O. The van der Waals surface area contributed by atoms with Gasteiger partial charge in [-0.15, -0.1) is 0 Å². The molecule has 0 radical (unpaired) electrons. The first-order valence-corrected chi connectivity index (χ1v) is 7.54. The normalized spacial score (nSPS) is 14.4. The number of carbonyl (C=O) groups excluding carboxylic acids is 2. The summed E-state index contributed by atoms with van der Waals surface area (Å²) in [4.78, 5) is 30.7. The van der Waals surface area contributed by atoms with E-state index in [1.165, 1.54) is 0 Å². The van der Waals surface area contributed by atoms with Crippen molar-refractivity contribution in [2.75, 3.05) is 4.90 Å². The van der Waals surface area contributed by atoms with Gasteiger partial charge in [0.25, 0.3) is 5.91 Å². The molecule has 0 aromatic heterocycles. The highest BCUT2D eigenvalue weighted by atomic mass is 16.2. The summed E-state index contributed by atoms with van der Waals surface area (Å²) in [5, 5.41) is 1.99. The number of carbonyl (C=O) groups is 2. The first kappa shape index (κ1) is 13.0. The van der Waals surface area contributed by atoms with E-state index in [1.54, 1.807) is 23.1 Å². The van der Waals surface area contributed by atoms with Crippen LogP contribution in [0.2, 0.25) is 0 Å². The molecule has 2 aliphatic rings. The minimum Gasteiger partial charge on any atom is -0.366 e. The maximum Gasteiger partial charge on any atom is 0.264 e. The quantitative estimate of drug-likeness (QED) is 0.750. The molecule has 5 heteroatoms. The van der Waals surface area contributed by atoms with E-state index in [0.717, 1.165) is 22.1 Å². The lowest BCUT2D eigenvalue weighted by Gasteiger charge is -2.24. The zero-order valence-corrected chi connectivity index (χ0v) is 12.5. The zero-order chi connectivity index (χ0) is 16.4. The van der Waals surface area contributed by atoms with Crippen LogP contribution in [0.3, 0.4) is 0 Å². The molecule has 24 heavy (non-hydrogen) atoms. The maximum absolute atomic E-state index is 12.9. The van der Waals surface area contributed by atoms with Gasteiger partial charge in [-0.25, -0.2) is 4.99 Å². The monoisotopic (exact) mass is 313 g/mol. The Balaban J connectivity index is 1.85. The molecule has 2 N–H and O–H groups in total. The molecule has 0 saturated heterocycles. The summed E-state index contributed by atoms with van der Waals surface area (Å²) in [6, 6.07) is 16.6. The molecule has 0 bridgehead atoms. The van der Waals surface area contributed by atoms with Gasteiger partial charge in [0.1, 0.15) is 5.84 Å². The number of amides is 2. The van der Waals surface area contributed by atoms with Crippen molar-refractivity contribution >= 4 is 39.8 Å². The van der Waals surface area contributed by atoms with Crippen LogP contribution in [0.15, 0.2) is 59.6 Å². The molecule has 3 aromatic carbocycles. The van der Waals surface area contributed by atoms with Crippen LogP contribution in [0.1, 0.15) is 26.3 Å². The predicted molar refractivity (Wildman–Crippen MR) is 91.9 cm³/mol. The topological polar surface area (TPSA) is 75.8 Å². The lowest BCUT2D eigenvalue weighted by Crippen LogP contribution is -2.31. The van der Waals surface area contributed by atoms with E-state index in [0.29, 0.717) is 22.5 Å². The van der Waals surface area contributed by atoms with Gasteiger partial charge in [-0.05, 0) is 35.7 Å². The maximum atomic E-state index is 12.9. The number of nitrogens with two attached hydrogens (primary N) is 1. The smallest absolute Gasteiger partial charge is 0.264 e. The van der Waals surface area contributed by atoms with Gasteiger partial charge in [0.05, 0.1) is 16.9 Å². The summed E-state index contributed by atoms with van der Waals surface area (Å²) < 4.78 is 0. The first-order chi connectivity index (χ1) is 11.6. The van der Waals surface area contributed by atoms with Crippen LogP contribution in [0.5, 0.6) is 0 Å². The fourth-order valence-electron chi connectivity index (χ4n) is 3.44. The van der Waals surface area contributed by atoms with E-state index in [1.807, 2.05) is 36.4 Å². The second kappa shape index (κ2) is 4.29. The van der Waals surface area contributed by atoms with Crippen LogP contribution in [0.25, 0.3) is 10.8 Å². The van der Waals surface area contributed by atoms with Gasteiger partial charge in [-0.1, -0.05) is 24.3 Å². The number of nitrogens with zero attached hydrogens (tertiary/aromatic N) is 2. The van der Waals surface area contributed by atoms with Crippen LogP contribution in [-0.2, 0) is 0 Å². The fourth-order valence-corrected chi connectivity index (χ4v) is 3.44. The first-order valence-electron chi connectivity index (χ1n) is 7.54. The molecule has 0 saturated carbocycles. The molecule has 3 aromatic rings. The van der Waals surface area contributed by atoms with Gasteiger partial charge in [-0.2, -0.15) is 0 Å². The van der Waals surface area contributed by atoms with Crippen molar-refractivity contribution in [1.82, 2.24) is 0 Å². The molecule has 5 nitrogen and oxygen atoms in total.